The van der Waals surface area contributed by atoms with E-state index in [1.165, 1.54) is 10.9 Å². The van der Waals surface area contributed by atoms with E-state index in [1.54, 1.807) is 23.5 Å². The lowest BCUT2D eigenvalue weighted by Crippen LogP contribution is -2.12. The molecule has 0 aliphatic carbocycles. The summed E-state index contributed by atoms with van der Waals surface area (Å²) in [5, 5.41) is 5.34. The molecule has 0 spiro atoms. The van der Waals surface area contributed by atoms with Gasteiger partial charge in [0.25, 0.3) is 0 Å². The van der Waals surface area contributed by atoms with Crippen molar-refractivity contribution in [3.05, 3.63) is 54.8 Å². The Balaban J connectivity index is 1.94. The Labute approximate surface area is 120 Å². The molecule has 0 atom stereocenters. The van der Waals surface area contributed by atoms with Gasteiger partial charge in [0, 0.05) is 26.9 Å². The third kappa shape index (κ3) is 3.61. The topological polar surface area (TPSA) is 12.0 Å². The van der Waals surface area contributed by atoms with Crippen LogP contribution in [-0.2, 0) is 13.1 Å². The lowest BCUT2D eigenvalue weighted by Gasteiger charge is -2.06. The number of thiophene rings is 1. The van der Waals surface area contributed by atoms with Gasteiger partial charge in [-0.3, -0.25) is 0 Å². The van der Waals surface area contributed by atoms with Gasteiger partial charge in [-0.15, -0.1) is 11.3 Å². The molecule has 1 N–H and O–H groups in total. The Morgan fingerprint density at radius 3 is 2.65 bits per heavy atom. The SMILES string of the molecule is Fc1ccc(Br)c(CNCc2sccc2Br)c1. The summed E-state index contributed by atoms with van der Waals surface area (Å²) in [7, 11) is 0. The molecule has 0 saturated carbocycles. The van der Waals surface area contributed by atoms with E-state index in [1.807, 2.05) is 11.4 Å². The monoisotopic (exact) mass is 377 g/mol. The third-order valence-corrected chi connectivity index (χ3v) is 5.00. The highest BCUT2D eigenvalue weighted by Gasteiger charge is 2.03. The summed E-state index contributed by atoms with van der Waals surface area (Å²) in [5.41, 5.74) is 0.928. The van der Waals surface area contributed by atoms with Gasteiger partial charge >= 0.3 is 0 Å². The molecule has 5 heteroatoms. The molecule has 0 unspecified atom stereocenters. The van der Waals surface area contributed by atoms with Crippen molar-refractivity contribution in [1.82, 2.24) is 5.32 Å². The van der Waals surface area contributed by atoms with Crippen molar-refractivity contribution in [2.45, 2.75) is 13.1 Å². The zero-order valence-electron chi connectivity index (χ0n) is 8.84. The largest absolute Gasteiger partial charge is 0.308 e. The van der Waals surface area contributed by atoms with Crippen molar-refractivity contribution in [3.8, 4) is 0 Å². The Kier molecular flexibility index (Phi) is 4.73. The molecule has 0 amide bonds. The van der Waals surface area contributed by atoms with E-state index < -0.39 is 0 Å². The maximum Gasteiger partial charge on any atom is 0.123 e. The summed E-state index contributed by atoms with van der Waals surface area (Å²) in [4.78, 5) is 1.25. The normalized spacial score (nSPS) is 10.8. The minimum absolute atomic E-state index is 0.206. The van der Waals surface area contributed by atoms with E-state index in [0.29, 0.717) is 6.54 Å². The first-order chi connectivity index (χ1) is 8.16. The first-order valence-corrected chi connectivity index (χ1v) is 7.50. The van der Waals surface area contributed by atoms with E-state index in [9.17, 15) is 4.39 Å². The van der Waals surface area contributed by atoms with Crippen molar-refractivity contribution < 1.29 is 4.39 Å². The molecule has 2 aromatic rings. The standard InChI is InChI=1S/C12H10Br2FNS/c13-10-2-1-9(15)5-8(10)6-16-7-12-11(14)3-4-17-12/h1-5,16H,6-7H2. The van der Waals surface area contributed by atoms with Crippen LogP contribution in [0.25, 0.3) is 0 Å². The Hall–Kier alpha value is -0.230. The second-order valence-corrected chi connectivity index (χ2v) is 6.24. The minimum Gasteiger partial charge on any atom is -0.308 e. The Morgan fingerprint density at radius 1 is 1.12 bits per heavy atom. The molecule has 1 aromatic carbocycles. The lowest BCUT2D eigenvalue weighted by molar-refractivity contribution is 0.619. The Bertz CT molecular complexity index is 513. The molecule has 0 aliphatic rings. The lowest BCUT2D eigenvalue weighted by atomic mass is 10.2. The van der Waals surface area contributed by atoms with Crippen molar-refractivity contribution in [1.29, 1.82) is 0 Å². The zero-order valence-corrected chi connectivity index (χ0v) is 12.8. The van der Waals surface area contributed by atoms with E-state index >= 15 is 0 Å². The van der Waals surface area contributed by atoms with E-state index in [2.05, 4.69) is 37.2 Å². The highest BCUT2D eigenvalue weighted by atomic mass is 79.9. The summed E-state index contributed by atoms with van der Waals surface area (Å²) in [6, 6.07) is 6.75. The fourth-order valence-corrected chi connectivity index (χ4v) is 3.29. The van der Waals surface area contributed by atoms with Crippen LogP contribution in [0.15, 0.2) is 38.6 Å². The molecular weight excluding hydrogens is 369 g/mol. The highest BCUT2D eigenvalue weighted by molar-refractivity contribution is 9.10. The molecule has 0 aliphatic heterocycles. The van der Waals surface area contributed by atoms with Crippen LogP contribution in [0.2, 0.25) is 0 Å². The van der Waals surface area contributed by atoms with Crippen LogP contribution in [0, 0.1) is 5.82 Å². The molecule has 0 bridgehead atoms. The molecule has 17 heavy (non-hydrogen) atoms. The molecule has 1 aromatic heterocycles. The smallest absolute Gasteiger partial charge is 0.123 e. The summed E-state index contributed by atoms with van der Waals surface area (Å²) < 4.78 is 15.1. The van der Waals surface area contributed by atoms with E-state index in [4.69, 9.17) is 0 Å². The van der Waals surface area contributed by atoms with Gasteiger partial charge in [0.1, 0.15) is 5.82 Å². The molecule has 0 saturated heterocycles. The predicted molar refractivity (Wildman–Crippen MR) is 76.7 cm³/mol. The first-order valence-electron chi connectivity index (χ1n) is 5.03. The second-order valence-electron chi connectivity index (χ2n) is 3.53. The maximum absolute atomic E-state index is 13.1. The number of hydrogen-bond acceptors (Lipinski definition) is 2. The predicted octanol–water partition coefficient (Wildman–Crippen LogP) is 4.70. The van der Waals surface area contributed by atoms with Gasteiger partial charge in [-0.05, 0) is 51.1 Å². The second kappa shape index (κ2) is 6.09. The van der Waals surface area contributed by atoms with Gasteiger partial charge in [0.15, 0.2) is 0 Å². The van der Waals surface area contributed by atoms with Crippen molar-refractivity contribution in [2.75, 3.05) is 0 Å². The number of rotatable bonds is 4. The van der Waals surface area contributed by atoms with Gasteiger partial charge < -0.3 is 5.32 Å². The van der Waals surface area contributed by atoms with Crippen LogP contribution < -0.4 is 5.32 Å². The van der Waals surface area contributed by atoms with E-state index in [-0.39, 0.29) is 5.82 Å². The molecule has 1 heterocycles. The molecule has 0 radical (unpaired) electrons. The van der Waals surface area contributed by atoms with Crippen LogP contribution in [0.5, 0.6) is 0 Å². The fraction of sp³-hybridized carbons (Fsp3) is 0.167. The average Bonchev–Trinajstić information content (AvgIpc) is 2.70. The highest BCUT2D eigenvalue weighted by Crippen LogP contribution is 2.23. The number of nitrogens with one attached hydrogen (secondary N) is 1. The van der Waals surface area contributed by atoms with Gasteiger partial charge in [0.2, 0.25) is 0 Å². The van der Waals surface area contributed by atoms with Crippen LogP contribution in [0.3, 0.4) is 0 Å². The average molecular weight is 379 g/mol. The minimum atomic E-state index is -0.206. The fourth-order valence-electron chi connectivity index (χ4n) is 1.44. The Morgan fingerprint density at radius 2 is 1.94 bits per heavy atom. The van der Waals surface area contributed by atoms with Crippen molar-refractivity contribution >= 4 is 43.2 Å². The van der Waals surface area contributed by atoms with Crippen LogP contribution >= 0.6 is 43.2 Å². The van der Waals surface area contributed by atoms with Crippen LogP contribution in [0.1, 0.15) is 10.4 Å². The summed E-state index contributed by atoms with van der Waals surface area (Å²) in [6.07, 6.45) is 0. The number of benzene rings is 1. The van der Waals surface area contributed by atoms with Gasteiger partial charge in [0.05, 0.1) is 0 Å². The molecule has 0 fully saturated rings. The first kappa shape index (κ1) is 13.2. The van der Waals surface area contributed by atoms with Crippen molar-refractivity contribution in [2.24, 2.45) is 0 Å². The zero-order chi connectivity index (χ0) is 12.3. The molecule has 2 rings (SSSR count). The quantitative estimate of drug-likeness (QED) is 0.812. The van der Waals surface area contributed by atoms with Gasteiger partial charge in [-0.2, -0.15) is 0 Å². The van der Waals surface area contributed by atoms with Crippen LogP contribution in [-0.4, -0.2) is 0 Å². The summed E-state index contributed by atoms with van der Waals surface area (Å²) in [5.74, 6) is -0.206. The maximum atomic E-state index is 13.1. The molecule has 90 valence electrons. The molecule has 1 nitrogen and oxygen atoms in total. The summed E-state index contributed by atoms with van der Waals surface area (Å²) in [6.45, 7) is 1.42. The van der Waals surface area contributed by atoms with E-state index in [0.717, 1.165) is 21.1 Å². The van der Waals surface area contributed by atoms with Gasteiger partial charge in [-0.25, -0.2) is 4.39 Å². The number of hydrogen-bond donors (Lipinski definition) is 1. The summed E-state index contributed by atoms with van der Waals surface area (Å²) >= 11 is 8.59. The van der Waals surface area contributed by atoms with Crippen LogP contribution in [0.4, 0.5) is 4.39 Å². The number of halogens is 3. The van der Waals surface area contributed by atoms with Crippen molar-refractivity contribution in [3.63, 3.8) is 0 Å². The third-order valence-electron chi connectivity index (χ3n) is 2.30. The van der Waals surface area contributed by atoms with Gasteiger partial charge in [-0.1, -0.05) is 15.9 Å². The molecular formula is C12H10Br2FNS.